The van der Waals surface area contributed by atoms with Crippen LogP contribution in [0.3, 0.4) is 0 Å². The summed E-state index contributed by atoms with van der Waals surface area (Å²) in [5, 5.41) is 10.6. The van der Waals surface area contributed by atoms with Crippen molar-refractivity contribution in [2.24, 2.45) is 23.2 Å². The van der Waals surface area contributed by atoms with Crippen LogP contribution in [0.5, 0.6) is 0 Å². The summed E-state index contributed by atoms with van der Waals surface area (Å²) in [6.07, 6.45) is 13.1. The number of methoxy groups -OCH3 is 1. The molecule has 2 saturated carbocycles. The molecule has 1 N–H and O–H groups in total. The van der Waals surface area contributed by atoms with Gasteiger partial charge in [0.15, 0.2) is 0 Å². The van der Waals surface area contributed by atoms with Crippen molar-refractivity contribution in [1.82, 2.24) is 0 Å². The topological polar surface area (TPSA) is 29.5 Å². The molecule has 4 rings (SSSR count). The van der Waals surface area contributed by atoms with Gasteiger partial charge in [-0.15, -0.1) is 0 Å². The molecule has 5 atom stereocenters. The molecular formula is C20H30O2. The largest absolute Gasteiger partial charge is 0.501 e. The molecule has 0 saturated heterocycles. The van der Waals surface area contributed by atoms with Gasteiger partial charge in [-0.3, -0.25) is 0 Å². The lowest BCUT2D eigenvalue weighted by atomic mass is 9.53. The van der Waals surface area contributed by atoms with Crippen LogP contribution in [0.15, 0.2) is 23.0 Å². The third kappa shape index (κ3) is 1.95. The molecule has 0 aromatic heterocycles. The molecule has 0 heterocycles. The van der Waals surface area contributed by atoms with Gasteiger partial charge >= 0.3 is 0 Å². The summed E-state index contributed by atoms with van der Waals surface area (Å²) in [7, 11) is 1.80. The van der Waals surface area contributed by atoms with Gasteiger partial charge in [-0.25, -0.2) is 0 Å². The molecule has 4 unspecified atom stereocenters. The maximum absolute atomic E-state index is 10.6. The summed E-state index contributed by atoms with van der Waals surface area (Å²) < 4.78 is 5.49. The first kappa shape index (κ1) is 14.8. The van der Waals surface area contributed by atoms with Crippen LogP contribution < -0.4 is 0 Å². The molecule has 0 aromatic rings. The van der Waals surface area contributed by atoms with Gasteiger partial charge in [0.1, 0.15) is 0 Å². The van der Waals surface area contributed by atoms with Crippen molar-refractivity contribution < 1.29 is 9.84 Å². The maximum Gasteiger partial charge on any atom is 0.0959 e. The molecular weight excluding hydrogens is 272 g/mol. The van der Waals surface area contributed by atoms with E-state index in [1.807, 2.05) is 0 Å². The molecule has 0 bridgehead atoms. The molecule has 2 nitrogen and oxygen atoms in total. The number of aliphatic hydroxyl groups is 1. The Morgan fingerprint density at radius 2 is 2.14 bits per heavy atom. The summed E-state index contributed by atoms with van der Waals surface area (Å²) in [4.78, 5) is 0. The van der Waals surface area contributed by atoms with Gasteiger partial charge in [0.2, 0.25) is 0 Å². The van der Waals surface area contributed by atoms with Crippen LogP contribution in [0.4, 0.5) is 0 Å². The van der Waals surface area contributed by atoms with Gasteiger partial charge in [0.05, 0.1) is 19.0 Å². The van der Waals surface area contributed by atoms with Crippen LogP contribution in [0.25, 0.3) is 0 Å². The Morgan fingerprint density at radius 3 is 2.91 bits per heavy atom. The second-order valence-electron chi connectivity index (χ2n) is 8.02. The molecule has 2 fully saturated rings. The third-order valence-electron chi connectivity index (χ3n) is 7.65. The number of ether oxygens (including phenoxy) is 1. The Bertz CT molecular complexity index is 518. The maximum atomic E-state index is 10.6. The number of hydrogen-bond acceptors (Lipinski definition) is 2. The normalized spacial score (nSPS) is 44.0. The van der Waals surface area contributed by atoms with E-state index in [0.29, 0.717) is 0 Å². The van der Waals surface area contributed by atoms with Gasteiger partial charge in [0.25, 0.3) is 0 Å². The molecule has 0 aliphatic heterocycles. The van der Waals surface area contributed by atoms with E-state index >= 15 is 0 Å². The molecule has 4 aliphatic carbocycles. The highest BCUT2D eigenvalue weighted by molar-refractivity contribution is 5.32. The first-order chi connectivity index (χ1) is 10.7. The summed E-state index contributed by atoms with van der Waals surface area (Å²) in [6, 6.07) is 0. The second-order valence-corrected chi connectivity index (χ2v) is 8.02. The lowest BCUT2D eigenvalue weighted by Crippen LogP contribution is -2.46. The van der Waals surface area contributed by atoms with Crippen molar-refractivity contribution in [3.63, 3.8) is 0 Å². The summed E-state index contributed by atoms with van der Waals surface area (Å²) in [6.45, 7) is 2.31. The Morgan fingerprint density at radius 1 is 1.27 bits per heavy atom. The number of rotatable bonds is 2. The number of hydrogen-bond donors (Lipinski definition) is 1. The zero-order valence-corrected chi connectivity index (χ0v) is 14.1. The van der Waals surface area contributed by atoms with E-state index in [9.17, 15) is 5.11 Å². The molecule has 0 radical (unpaired) electrons. The predicted octanol–water partition coefficient (Wildman–Crippen LogP) is 4.59. The molecule has 22 heavy (non-hydrogen) atoms. The minimum atomic E-state index is -0.0369. The zero-order valence-electron chi connectivity index (χ0n) is 14.1. The fraction of sp³-hybridized carbons (Fsp3) is 0.800. The van der Waals surface area contributed by atoms with Gasteiger partial charge in [-0.05, 0) is 80.6 Å². The molecule has 4 aliphatic rings. The van der Waals surface area contributed by atoms with Crippen LogP contribution in [-0.2, 0) is 4.74 Å². The fourth-order valence-corrected chi connectivity index (χ4v) is 6.50. The number of allylic oxidation sites excluding steroid dienone is 3. The van der Waals surface area contributed by atoms with Crippen molar-refractivity contribution in [3.05, 3.63) is 23.0 Å². The van der Waals surface area contributed by atoms with E-state index in [-0.39, 0.29) is 11.5 Å². The highest BCUT2D eigenvalue weighted by atomic mass is 16.5. The third-order valence-corrected chi connectivity index (χ3v) is 7.65. The second kappa shape index (κ2) is 5.40. The summed E-state index contributed by atoms with van der Waals surface area (Å²) in [5.41, 5.74) is 3.69. The monoisotopic (exact) mass is 302 g/mol. The van der Waals surface area contributed by atoms with Crippen molar-refractivity contribution in [3.8, 4) is 0 Å². The highest BCUT2D eigenvalue weighted by Gasteiger charge is 2.56. The van der Waals surface area contributed by atoms with E-state index in [1.165, 1.54) is 44.3 Å². The first-order valence-electron chi connectivity index (χ1n) is 9.31. The van der Waals surface area contributed by atoms with Gasteiger partial charge in [0, 0.05) is 6.42 Å². The summed E-state index contributed by atoms with van der Waals surface area (Å²) in [5.74, 6) is 3.58. The van der Waals surface area contributed by atoms with Crippen molar-refractivity contribution >= 4 is 0 Å². The highest BCUT2D eigenvalue weighted by Crippen LogP contribution is 2.62. The smallest absolute Gasteiger partial charge is 0.0959 e. The van der Waals surface area contributed by atoms with Crippen molar-refractivity contribution in [2.75, 3.05) is 7.11 Å². The lowest BCUT2D eigenvalue weighted by molar-refractivity contribution is -0.0473. The average molecular weight is 302 g/mol. The minimum absolute atomic E-state index is 0.0369. The Hall–Kier alpha value is -0.760. The van der Waals surface area contributed by atoms with Gasteiger partial charge in [-0.2, -0.15) is 0 Å². The first-order valence-corrected chi connectivity index (χ1v) is 9.31. The molecule has 122 valence electrons. The molecule has 0 amide bonds. The van der Waals surface area contributed by atoms with E-state index < -0.39 is 0 Å². The Kier molecular flexibility index (Phi) is 3.64. The van der Waals surface area contributed by atoms with Crippen LogP contribution in [0.1, 0.15) is 64.7 Å². The van der Waals surface area contributed by atoms with Crippen LogP contribution >= 0.6 is 0 Å². The predicted molar refractivity (Wildman–Crippen MR) is 88.3 cm³/mol. The van der Waals surface area contributed by atoms with E-state index in [4.69, 9.17) is 4.74 Å². The van der Waals surface area contributed by atoms with Crippen LogP contribution in [0.2, 0.25) is 0 Å². The summed E-state index contributed by atoms with van der Waals surface area (Å²) >= 11 is 0. The van der Waals surface area contributed by atoms with E-state index in [2.05, 4.69) is 13.0 Å². The number of aliphatic hydroxyl groups excluding tert-OH is 1. The molecule has 2 heteroatoms. The number of fused-ring (bicyclic) bond motifs is 4. The Balaban J connectivity index is 1.61. The zero-order chi connectivity index (χ0) is 15.3. The van der Waals surface area contributed by atoms with Crippen LogP contribution in [0, 0.1) is 23.2 Å². The molecule has 0 spiro atoms. The van der Waals surface area contributed by atoms with Crippen molar-refractivity contribution in [1.29, 1.82) is 0 Å². The van der Waals surface area contributed by atoms with E-state index in [1.54, 1.807) is 18.3 Å². The standard InChI is InChI=1S/C20H30O2/c1-3-20-11-10-16-15-7-5-14(22-2)12-13(15)4-6-17(16)18(20)8-9-19(20)21/h5,16-19,21H,3-4,6-12H2,1-2H3/t16?,17?,18?,19-,20?/m0/s1. The van der Waals surface area contributed by atoms with E-state index in [0.717, 1.165) is 37.0 Å². The fourth-order valence-electron chi connectivity index (χ4n) is 6.50. The average Bonchev–Trinajstić information content (AvgIpc) is 2.91. The quantitative estimate of drug-likeness (QED) is 0.756. The van der Waals surface area contributed by atoms with Gasteiger partial charge in [-0.1, -0.05) is 18.1 Å². The SMILES string of the molecule is CCC12CCC3C4=C(CCC3C1CC[C@@H]2O)CC(OC)=CC4. The van der Waals surface area contributed by atoms with Crippen LogP contribution in [-0.4, -0.2) is 18.3 Å². The lowest BCUT2D eigenvalue weighted by Gasteiger charge is -2.52. The minimum Gasteiger partial charge on any atom is -0.501 e. The Labute approximate surface area is 134 Å². The van der Waals surface area contributed by atoms with Gasteiger partial charge < -0.3 is 9.84 Å². The van der Waals surface area contributed by atoms with Crippen molar-refractivity contribution in [2.45, 2.75) is 70.8 Å². The molecule has 0 aromatic carbocycles.